The maximum atomic E-state index is 5.76. The van der Waals surface area contributed by atoms with E-state index in [0.29, 0.717) is 19.8 Å². The summed E-state index contributed by atoms with van der Waals surface area (Å²) < 4.78 is 11.3. The number of unbranched alkanes of at least 4 members (excludes halogenated alkanes) is 11. The fourth-order valence-electron chi connectivity index (χ4n) is 2.91. The Hall–Kier alpha value is -0.600. The molecule has 0 aromatic rings. The van der Waals surface area contributed by atoms with Crippen molar-refractivity contribution in [2.24, 2.45) is 0 Å². The molecule has 0 spiro atoms. The van der Waals surface area contributed by atoms with Crippen LogP contribution in [0.2, 0.25) is 0 Å². The van der Waals surface area contributed by atoms with Gasteiger partial charge in [0.25, 0.3) is 0 Å². The number of hydrogen-bond acceptors (Lipinski definition) is 2. The molecule has 0 rings (SSSR count). The van der Waals surface area contributed by atoms with E-state index in [1.165, 1.54) is 77.0 Å². The summed E-state index contributed by atoms with van der Waals surface area (Å²) in [4.78, 5) is 0. The molecule has 0 fully saturated rings. The average Bonchev–Trinajstić information content (AvgIpc) is 2.60. The molecule has 0 aromatic carbocycles. The summed E-state index contributed by atoms with van der Waals surface area (Å²) in [5.41, 5.74) is 0. The molecule has 24 heavy (non-hydrogen) atoms. The maximum absolute atomic E-state index is 5.76. The molecule has 1 atom stereocenters. The summed E-state index contributed by atoms with van der Waals surface area (Å²) in [5, 5.41) is 0. The molecule has 0 saturated carbocycles. The summed E-state index contributed by atoms with van der Waals surface area (Å²) >= 11 is 0. The molecule has 142 valence electrons. The molecule has 0 unspecified atom stereocenters. The Labute approximate surface area is 151 Å². The minimum atomic E-state index is 0.200. The largest absolute Gasteiger partial charge is 0.375 e. The molecule has 2 nitrogen and oxygen atoms in total. The van der Waals surface area contributed by atoms with Crippen molar-refractivity contribution in [1.82, 2.24) is 0 Å². The molecule has 0 aliphatic rings. The summed E-state index contributed by atoms with van der Waals surface area (Å²) in [5.74, 6) is 0. The lowest BCUT2D eigenvalue weighted by molar-refractivity contribution is -0.00346. The molecule has 0 heterocycles. The van der Waals surface area contributed by atoms with Gasteiger partial charge in [-0.15, -0.1) is 13.2 Å². The minimum absolute atomic E-state index is 0.200. The standard InChI is InChI=1S/C22H42O2/c1-4-7-8-9-10-11-12-13-14-15-16-17-18-22(24-20-6-3)21-23-19-5-2/h5-6,22H,2-4,7-21H2,1H3/t22-/m1/s1. The zero-order valence-electron chi connectivity index (χ0n) is 16.3. The Morgan fingerprint density at radius 2 is 1.21 bits per heavy atom. The van der Waals surface area contributed by atoms with Crippen LogP contribution in [0.15, 0.2) is 25.3 Å². The lowest BCUT2D eigenvalue weighted by Crippen LogP contribution is -2.20. The normalized spacial score (nSPS) is 12.2. The molecule has 0 amide bonds. The van der Waals surface area contributed by atoms with Crippen LogP contribution in [0, 0.1) is 0 Å². The van der Waals surface area contributed by atoms with Crippen molar-refractivity contribution in [3.8, 4) is 0 Å². The van der Waals surface area contributed by atoms with Crippen LogP contribution >= 0.6 is 0 Å². The van der Waals surface area contributed by atoms with Gasteiger partial charge in [-0.25, -0.2) is 0 Å². The van der Waals surface area contributed by atoms with Gasteiger partial charge >= 0.3 is 0 Å². The predicted molar refractivity (Wildman–Crippen MR) is 107 cm³/mol. The van der Waals surface area contributed by atoms with Crippen molar-refractivity contribution in [3.63, 3.8) is 0 Å². The highest BCUT2D eigenvalue weighted by Crippen LogP contribution is 2.14. The van der Waals surface area contributed by atoms with E-state index in [2.05, 4.69) is 20.1 Å². The molecule has 0 aliphatic carbocycles. The van der Waals surface area contributed by atoms with Gasteiger partial charge in [-0.05, 0) is 6.42 Å². The van der Waals surface area contributed by atoms with E-state index in [9.17, 15) is 0 Å². The number of ether oxygens (including phenoxy) is 2. The highest BCUT2D eigenvalue weighted by atomic mass is 16.5. The van der Waals surface area contributed by atoms with Crippen LogP contribution in [0.4, 0.5) is 0 Å². The Balaban J connectivity index is 3.40. The third-order valence-electron chi connectivity index (χ3n) is 4.37. The van der Waals surface area contributed by atoms with Crippen LogP contribution in [0.25, 0.3) is 0 Å². The minimum Gasteiger partial charge on any atom is -0.375 e. The first-order valence-electron chi connectivity index (χ1n) is 10.3. The zero-order chi connectivity index (χ0) is 17.7. The third-order valence-corrected chi connectivity index (χ3v) is 4.37. The van der Waals surface area contributed by atoms with Gasteiger partial charge in [0.2, 0.25) is 0 Å². The van der Waals surface area contributed by atoms with E-state index in [-0.39, 0.29) is 6.10 Å². The molecule has 0 bridgehead atoms. The third kappa shape index (κ3) is 17.7. The first-order chi connectivity index (χ1) is 11.8. The van der Waals surface area contributed by atoms with E-state index in [1.54, 1.807) is 6.08 Å². The molecule has 0 aliphatic heterocycles. The molecule has 2 heteroatoms. The van der Waals surface area contributed by atoms with Crippen LogP contribution in [0.3, 0.4) is 0 Å². The second kappa shape index (κ2) is 20.4. The van der Waals surface area contributed by atoms with Gasteiger partial charge in [0.15, 0.2) is 0 Å². The Morgan fingerprint density at radius 3 is 1.71 bits per heavy atom. The van der Waals surface area contributed by atoms with Gasteiger partial charge in [-0.2, -0.15) is 0 Å². The molecular weight excluding hydrogens is 296 g/mol. The summed E-state index contributed by atoms with van der Waals surface area (Å²) in [6, 6.07) is 0. The van der Waals surface area contributed by atoms with Crippen molar-refractivity contribution in [3.05, 3.63) is 25.3 Å². The maximum Gasteiger partial charge on any atom is 0.0812 e. The highest BCUT2D eigenvalue weighted by Gasteiger charge is 2.08. The first kappa shape index (κ1) is 23.4. The SMILES string of the molecule is C=CCOC[C@@H](CCCCCCCCCCCCCC)OCC=C. The van der Waals surface area contributed by atoms with Gasteiger partial charge in [0.05, 0.1) is 25.9 Å². The number of rotatable bonds is 20. The predicted octanol–water partition coefficient (Wildman–Crippen LogP) is 6.85. The molecule has 0 aromatic heterocycles. The Bertz CT molecular complexity index is 263. The van der Waals surface area contributed by atoms with Crippen molar-refractivity contribution in [2.75, 3.05) is 19.8 Å². The lowest BCUT2D eigenvalue weighted by Gasteiger charge is -2.16. The summed E-state index contributed by atoms with van der Waals surface area (Å²) in [7, 11) is 0. The van der Waals surface area contributed by atoms with Gasteiger partial charge in [0, 0.05) is 0 Å². The van der Waals surface area contributed by atoms with E-state index in [1.807, 2.05) is 6.08 Å². The smallest absolute Gasteiger partial charge is 0.0812 e. The van der Waals surface area contributed by atoms with Gasteiger partial charge in [0.1, 0.15) is 0 Å². The summed E-state index contributed by atoms with van der Waals surface area (Å²) in [6.45, 7) is 11.5. The highest BCUT2D eigenvalue weighted by molar-refractivity contribution is 4.69. The fourth-order valence-corrected chi connectivity index (χ4v) is 2.91. The van der Waals surface area contributed by atoms with E-state index in [4.69, 9.17) is 9.47 Å². The van der Waals surface area contributed by atoms with Crippen LogP contribution in [-0.4, -0.2) is 25.9 Å². The van der Waals surface area contributed by atoms with Gasteiger partial charge in [-0.3, -0.25) is 0 Å². The van der Waals surface area contributed by atoms with Crippen LogP contribution in [0.5, 0.6) is 0 Å². The monoisotopic (exact) mass is 338 g/mol. The van der Waals surface area contributed by atoms with Crippen LogP contribution in [-0.2, 0) is 9.47 Å². The average molecular weight is 339 g/mol. The fraction of sp³-hybridized carbons (Fsp3) is 0.818. The second-order valence-corrected chi connectivity index (χ2v) is 6.75. The van der Waals surface area contributed by atoms with Crippen LogP contribution in [0.1, 0.15) is 90.4 Å². The Morgan fingerprint density at radius 1 is 0.708 bits per heavy atom. The van der Waals surface area contributed by atoms with Crippen molar-refractivity contribution in [2.45, 2.75) is 96.5 Å². The van der Waals surface area contributed by atoms with Gasteiger partial charge in [-0.1, -0.05) is 96.1 Å². The van der Waals surface area contributed by atoms with E-state index >= 15 is 0 Å². The van der Waals surface area contributed by atoms with Crippen LogP contribution < -0.4 is 0 Å². The van der Waals surface area contributed by atoms with E-state index < -0.39 is 0 Å². The number of hydrogen-bond donors (Lipinski definition) is 0. The second-order valence-electron chi connectivity index (χ2n) is 6.75. The zero-order valence-corrected chi connectivity index (χ0v) is 16.3. The first-order valence-corrected chi connectivity index (χ1v) is 10.3. The topological polar surface area (TPSA) is 18.5 Å². The molecule has 0 N–H and O–H groups in total. The molecule has 0 radical (unpaired) electrons. The lowest BCUT2D eigenvalue weighted by atomic mass is 10.0. The van der Waals surface area contributed by atoms with Gasteiger partial charge < -0.3 is 9.47 Å². The van der Waals surface area contributed by atoms with Crippen molar-refractivity contribution in [1.29, 1.82) is 0 Å². The Kier molecular flexibility index (Phi) is 19.9. The quantitative estimate of drug-likeness (QED) is 0.178. The van der Waals surface area contributed by atoms with Crippen molar-refractivity contribution >= 4 is 0 Å². The van der Waals surface area contributed by atoms with Crippen molar-refractivity contribution < 1.29 is 9.47 Å². The molecule has 0 saturated heterocycles. The summed E-state index contributed by atoms with van der Waals surface area (Å²) in [6.07, 6.45) is 21.5. The van der Waals surface area contributed by atoms with E-state index in [0.717, 1.165) is 6.42 Å². The molecular formula is C22H42O2.